The standard InChI is InChI=1S/C33H39NO4/c1-36-32-14-9-13-30(33(32)37-2)25-34(19-20-35)24-27-15-16-29-23-31(18-17-28(29)22-27)38-21-8-4-7-12-26-10-5-3-6-11-26/h3,5-6,9-11,13-18,22-23,35H,4,7-8,12,19-21,24-25H2,1-2H3. The van der Waals surface area contributed by atoms with Crippen molar-refractivity contribution in [1.82, 2.24) is 4.90 Å². The molecule has 0 aliphatic heterocycles. The smallest absolute Gasteiger partial charge is 0.165 e. The number of nitrogens with zero attached hydrogens (tertiary/aromatic N) is 1. The normalized spacial score (nSPS) is 11.2. The number of ether oxygens (including phenoxy) is 3. The summed E-state index contributed by atoms with van der Waals surface area (Å²) in [6, 6.07) is 29.4. The number of para-hydroxylation sites is 1. The van der Waals surface area contributed by atoms with Gasteiger partial charge in [-0.1, -0.05) is 60.7 Å². The lowest BCUT2D eigenvalue weighted by molar-refractivity contribution is 0.182. The first-order chi connectivity index (χ1) is 18.7. The van der Waals surface area contributed by atoms with Crippen molar-refractivity contribution in [2.45, 2.75) is 38.8 Å². The molecule has 0 amide bonds. The molecule has 4 aromatic carbocycles. The number of aliphatic hydroxyl groups excluding tert-OH is 1. The quantitative estimate of drug-likeness (QED) is 0.181. The maximum atomic E-state index is 9.68. The third-order valence-electron chi connectivity index (χ3n) is 6.80. The van der Waals surface area contributed by atoms with Crippen molar-refractivity contribution >= 4 is 10.8 Å². The van der Waals surface area contributed by atoms with Gasteiger partial charge in [-0.3, -0.25) is 4.90 Å². The number of hydrogen-bond acceptors (Lipinski definition) is 5. The molecule has 200 valence electrons. The average Bonchev–Trinajstić information content (AvgIpc) is 2.95. The first-order valence-corrected chi connectivity index (χ1v) is 13.4. The molecule has 38 heavy (non-hydrogen) atoms. The van der Waals surface area contributed by atoms with E-state index in [0.29, 0.717) is 18.8 Å². The zero-order valence-corrected chi connectivity index (χ0v) is 22.6. The SMILES string of the molecule is COc1cccc(CN(CCO)Cc2ccc3cc(OCCCCCc4ccccc4)ccc3c2)c1OC. The maximum Gasteiger partial charge on any atom is 0.165 e. The molecule has 0 heterocycles. The highest BCUT2D eigenvalue weighted by Crippen LogP contribution is 2.32. The van der Waals surface area contributed by atoms with Gasteiger partial charge in [0.05, 0.1) is 27.4 Å². The summed E-state index contributed by atoms with van der Waals surface area (Å²) < 4.78 is 17.1. The lowest BCUT2D eigenvalue weighted by Gasteiger charge is -2.23. The number of aryl methyl sites for hydroxylation is 1. The van der Waals surface area contributed by atoms with Gasteiger partial charge in [0, 0.05) is 25.2 Å². The lowest BCUT2D eigenvalue weighted by atomic mass is 10.1. The van der Waals surface area contributed by atoms with E-state index in [1.807, 2.05) is 18.2 Å². The molecule has 0 aliphatic rings. The summed E-state index contributed by atoms with van der Waals surface area (Å²) in [5.41, 5.74) is 3.63. The van der Waals surface area contributed by atoms with E-state index >= 15 is 0 Å². The Bertz CT molecular complexity index is 1270. The second-order valence-electron chi connectivity index (χ2n) is 9.57. The molecule has 0 atom stereocenters. The van der Waals surface area contributed by atoms with Gasteiger partial charge in [0.1, 0.15) is 5.75 Å². The van der Waals surface area contributed by atoms with Crippen molar-refractivity contribution < 1.29 is 19.3 Å². The number of rotatable bonds is 15. The van der Waals surface area contributed by atoms with Crippen molar-refractivity contribution in [2.75, 3.05) is 34.0 Å². The van der Waals surface area contributed by atoms with Crippen molar-refractivity contribution in [2.24, 2.45) is 0 Å². The molecule has 0 unspecified atom stereocenters. The Kier molecular flexibility index (Phi) is 10.4. The summed E-state index contributed by atoms with van der Waals surface area (Å²) in [6.07, 6.45) is 4.54. The van der Waals surface area contributed by atoms with Gasteiger partial charge in [0.2, 0.25) is 0 Å². The molecule has 0 spiro atoms. The molecule has 4 rings (SSSR count). The predicted octanol–water partition coefficient (Wildman–Crippen LogP) is 6.64. The average molecular weight is 514 g/mol. The molecule has 4 aromatic rings. The summed E-state index contributed by atoms with van der Waals surface area (Å²) in [4.78, 5) is 2.22. The van der Waals surface area contributed by atoms with Crippen molar-refractivity contribution in [3.8, 4) is 17.2 Å². The van der Waals surface area contributed by atoms with Crippen LogP contribution in [-0.2, 0) is 19.5 Å². The molecule has 0 saturated heterocycles. The molecule has 5 nitrogen and oxygen atoms in total. The van der Waals surface area contributed by atoms with E-state index in [0.717, 1.165) is 49.5 Å². The summed E-state index contributed by atoms with van der Waals surface area (Å²) in [5, 5.41) is 12.0. The van der Waals surface area contributed by atoms with Crippen LogP contribution in [0.1, 0.15) is 36.0 Å². The summed E-state index contributed by atoms with van der Waals surface area (Å²) in [5.74, 6) is 2.37. The zero-order valence-electron chi connectivity index (χ0n) is 22.6. The molecular formula is C33H39NO4. The van der Waals surface area contributed by atoms with Crippen LogP contribution in [-0.4, -0.2) is 44.0 Å². The van der Waals surface area contributed by atoms with E-state index in [1.165, 1.54) is 28.3 Å². The molecule has 5 heteroatoms. The van der Waals surface area contributed by atoms with Crippen LogP contribution in [0.15, 0.2) is 84.9 Å². The molecular weight excluding hydrogens is 474 g/mol. The molecule has 0 aromatic heterocycles. The number of hydrogen-bond donors (Lipinski definition) is 1. The largest absolute Gasteiger partial charge is 0.494 e. The van der Waals surface area contributed by atoms with Gasteiger partial charge in [-0.2, -0.15) is 0 Å². The second kappa shape index (κ2) is 14.4. The van der Waals surface area contributed by atoms with Crippen LogP contribution in [0.5, 0.6) is 17.2 Å². The van der Waals surface area contributed by atoms with Gasteiger partial charge in [0.15, 0.2) is 11.5 Å². The Balaban J connectivity index is 1.32. The number of unbranched alkanes of at least 4 members (excludes halogenated alkanes) is 2. The Morgan fingerprint density at radius 3 is 2.32 bits per heavy atom. The predicted molar refractivity (Wildman–Crippen MR) is 154 cm³/mol. The Hall–Kier alpha value is -3.54. The van der Waals surface area contributed by atoms with E-state index in [-0.39, 0.29) is 6.61 Å². The van der Waals surface area contributed by atoms with E-state index in [9.17, 15) is 5.11 Å². The van der Waals surface area contributed by atoms with Gasteiger partial charge in [-0.05, 0) is 71.8 Å². The van der Waals surface area contributed by atoms with Gasteiger partial charge < -0.3 is 19.3 Å². The van der Waals surface area contributed by atoms with Crippen LogP contribution in [0.2, 0.25) is 0 Å². The lowest BCUT2D eigenvalue weighted by Crippen LogP contribution is -2.26. The maximum absolute atomic E-state index is 9.68. The Morgan fingerprint density at radius 2 is 1.53 bits per heavy atom. The minimum atomic E-state index is 0.0901. The highest BCUT2D eigenvalue weighted by molar-refractivity contribution is 5.84. The first-order valence-electron chi connectivity index (χ1n) is 13.4. The molecule has 0 saturated carbocycles. The number of methoxy groups -OCH3 is 2. The van der Waals surface area contributed by atoms with Crippen LogP contribution in [0, 0.1) is 0 Å². The van der Waals surface area contributed by atoms with Crippen molar-refractivity contribution in [3.63, 3.8) is 0 Å². The van der Waals surface area contributed by atoms with Gasteiger partial charge in [-0.15, -0.1) is 0 Å². The van der Waals surface area contributed by atoms with Crippen molar-refractivity contribution in [1.29, 1.82) is 0 Å². The fraction of sp³-hybridized carbons (Fsp3) is 0.333. The summed E-state index contributed by atoms with van der Waals surface area (Å²) in [6.45, 7) is 2.76. The minimum Gasteiger partial charge on any atom is -0.494 e. The molecule has 0 aliphatic carbocycles. The fourth-order valence-electron chi connectivity index (χ4n) is 4.84. The Morgan fingerprint density at radius 1 is 0.711 bits per heavy atom. The van der Waals surface area contributed by atoms with Crippen LogP contribution >= 0.6 is 0 Å². The van der Waals surface area contributed by atoms with Gasteiger partial charge in [0.25, 0.3) is 0 Å². The van der Waals surface area contributed by atoms with Crippen LogP contribution in [0.25, 0.3) is 10.8 Å². The minimum absolute atomic E-state index is 0.0901. The molecule has 0 radical (unpaired) electrons. The van der Waals surface area contributed by atoms with E-state index in [2.05, 4.69) is 71.6 Å². The third kappa shape index (κ3) is 7.73. The number of benzene rings is 4. The summed E-state index contributed by atoms with van der Waals surface area (Å²) >= 11 is 0. The zero-order chi connectivity index (χ0) is 26.6. The van der Waals surface area contributed by atoms with Gasteiger partial charge >= 0.3 is 0 Å². The molecule has 0 fully saturated rings. The Labute approximate surface area is 226 Å². The second-order valence-corrected chi connectivity index (χ2v) is 9.57. The topological polar surface area (TPSA) is 51.2 Å². The first kappa shape index (κ1) is 27.5. The highest BCUT2D eigenvalue weighted by Gasteiger charge is 2.14. The summed E-state index contributed by atoms with van der Waals surface area (Å²) in [7, 11) is 3.30. The number of aliphatic hydroxyl groups is 1. The van der Waals surface area contributed by atoms with Crippen LogP contribution in [0.4, 0.5) is 0 Å². The van der Waals surface area contributed by atoms with Crippen molar-refractivity contribution in [3.05, 3.63) is 102 Å². The van der Waals surface area contributed by atoms with E-state index in [4.69, 9.17) is 14.2 Å². The van der Waals surface area contributed by atoms with E-state index in [1.54, 1.807) is 14.2 Å². The molecule has 1 N–H and O–H groups in total. The van der Waals surface area contributed by atoms with E-state index < -0.39 is 0 Å². The van der Waals surface area contributed by atoms with Crippen LogP contribution in [0.3, 0.4) is 0 Å². The number of fused-ring (bicyclic) bond motifs is 1. The highest BCUT2D eigenvalue weighted by atomic mass is 16.5. The van der Waals surface area contributed by atoms with Crippen LogP contribution < -0.4 is 14.2 Å². The monoisotopic (exact) mass is 513 g/mol. The van der Waals surface area contributed by atoms with Gasteiger partial charge in [-0.25, -0.2) is 0 Å². The molecule has 0 bridgehead atoms. The third-order valence-corrected chi connectivity index (χ3v) is 6.80. The fourth-order valence-corrected chi connectivity index (χ4v) is 4.84.